The van der Waals surface area contributed by atoms with Crippen LogP contribution in [-0.4, -0.2) is 9.70 Å². The Morgan fingerprint density at radius 1 is 1.33 bits per heavy atom. The van der Waals surface area contributed by atoms with Crippen molar-refractivity contribution in [3.8, 4) is 0 Å². The molecule has 0 bridgehead atoms. The number of benzene rings is 1. The van der Waals surface area contributed by atoms with E-state index in [1.165, 1.54) is 0 Å². The van der Waals surface area contributed by atoms with Gasteiger partial charge in [0.25, 0.3) is 9.70 Å². The van der Waals surface area contributed by atoms with E-state index in [-0.39, 0.29) is 0 Å². The molecule has 2 nitrogen and oxygen atoms in total. The van der Waals surface area contributed by atoms with Gasteiger partial charge in [0.05, 0.1) is 10.7 Å². The second-order valence-electron chi connectivity index (χ2n) is 2.58. The van der Waals surface area contributed by atoms with E-state index in [0.29, 0.717) is 10.7 Å². The van der Waals surface area contributed by atoms with Crippen molar-refractivity contribution in [2.24, 2.45) is 0 Å². The van der Waals surface area contributed by atoms with Crippen LogP contribution in [0.3, 0.4) is 0 Å². The van der Waals surface area contributed by atoms with Crippen LogP contribution in [0.25, 0.3) is 0 Å². The third kappa shape index (κ3) is 4.15. The normalized spacial score (nSPS) is 11.3. The van der Waals surface area contributed by atoms with Crippen molar-refractivity contribution in [1.82, 2.24) is 0 Å². The van der Waals surface area contributed by atoms with Crippen LogP contribution in [-0.2, 0) is 4.79 Å². The quantitative estimate of drug-likeness (QED) is 0.556. The first-order valence-corrected chi connectivity index (χ1v) is 6.23. The fourth-order valence-electron chi connectivity index (χ4n) is 0.786. The third-order valence-corrected chi connectivity index (χ3v) is 2.95. The van der Waals surface area contributed by atoms with E-state index < -0.39 is 9.70 Å². The zero-order valence-corrected chi connectivity index (χ0v) is 12.2. The van der Waals surface area contributed by atoms with Gasteiger partial charge in [-0.1, -0.05) is 46.4 Å². The summed E-state index contributed by atoms with van der Waals surface area (Å²) in [5.41, 5.74) is 0.417. The molecule has 0 aliphatic heterocycles. The summed E-state index contributed by atoms with van der Waals surface area (Å²) in [7, 11) is 0. The highest BCUT2D eigenvalue weighted by molar-refractivity contribution is 14.1. The van der Waals surface area contributed by atoms with Gasteiger partial charge in [0.1, 0.15) is 0 Å². The minimum atomic E-state index is -2.00. The van der Waals surface area contributed by atoms with Gasteiger partial charge < -0.3 is 5.32 Å². The first kappa shape index (κ1) is 13.6. The van der Waals surface area contributed by atoms with E-state index in [1.807, 2.05) is 0 Å². The monoisotopic (exact) mass is 397 g/mol. The average molecular weight is 399 g/mol. The molecule has 0 atom stereocenters. The van der Waals surface area contributed by atoms with Crippen molar-refractivity contribution >= 4 is 80.6 Å². The molecule has 1 rings (SSSR count). The zero-order valence-electron chi connectivity index (χ0n) is 7.03. The Kier molecular flexibility index (Phi) is 4.80. The summed E-state index contributed by atoms with van der Waals surface area (Å²) in [5.74, 6) is -0.739. The molecule has 1 N–H and O–H groups in total. The molecule has 0 aromatic heterocycles. The predicted octanol–water partition coefficient (Wildman–Crippen LogP) is 4.25. The molecule has 1 amide bonds. The number of carbonyl (C=O) groups excluding carboxylic acids is 1. The second kappa shape index (κ2) is 5.27. The molecule has 0 fully saturated rings. The Morgan fingerprint density at radius 3 is 2.47 bits per heavy atom. The Balaban J connectivity index is 2.90. The predicted molar refractivity (Wildman–Crippen MR) is 73.1 cm³/mol. The van der Waals surface area contributed by atoms with Crippen molar-refractivity contribution in [3.05, 3.63) is 26.8 Å². The van der Waals surface area contributed by atoms with Gasteiger partial charge in [-0.25, -0.2) is 0 Å². The van der Waals surface area contributed by atoms with E-state index >= 15 is 0 Å². The molecule has 0 saturated carbocycles. The number of amides is 1. The first-order chi connectivity index (χ1) is 6.80. The fraction of sp³-hybridized carbons (Fsp3) is 0.125. The summed E-state index contributed by atoms with van der Waals surface area (Å²) in [6, 6.07) is 5.13. The lowest BCUT2D eigenvalue weighted by atomic mass is 10.3. The summed E-state index contributed by atoms with van der Waals surface area (Å²) < 4.78 is -1.08. The van der Waals surface area contributed by atoms with Crippen LogP contribution in [0.1, 0.15) is 0 Å². The molecule has 0 radical (unpaired) electrons. The van der Waals surface area contributed by atoms with Crippen molar-refractivity contribution in [2.45, 2.75) is 3.79 Å². The molecule has 0 saturated heterocycles. The second-order valence-corrected chi connectivity index (χ2v) is 6.51. The molecule has 0 spiro atoms. The van der Waals surface area contributed by atoms with Crippen LogP contribution < -0.4 is 5.32 Å². The van der Waals surface area contributed by atoms with Gasteiger partial charge in [-0.2, -0.15) is 0 Å². The van der Waals surface area contributed by atoms with Gasteiger partial charge >= 0.3 is 0 Å². The molecule has 15 heavy (non-hydrogen) atoms. The van der Waals surface area contributed by atoms with E-state index in [1.54, 1.807) is 18.2 Å². The van der Waals surface area contributed by atoms with Gasteiger partial charge in [0, 0.05) is 3.57 Å². The lowest BCUT2D eigenvalue weighted by molar-refractivity contribution is -0.115. The highest BCUT2D eigenvalue weighted by Crippen LogP contribution is 2.30. The number of nitrogens with one attached hydrogen (secondary N) is 1. The summed E-state index contributed by atoms with van der Waals surface area (Å²) >= 11 is 24.1. The number of alkyl halides is 3. The van der Waals surface area contributed by atoms with E-state index in [0.717, 1.165) is 3.57 Å². The number of rotatable bonds is 1. The molecule has 0 heterocycles. The summed E-state index contributed by atoms with van der Waals surface area (Å²) in [4.78, 5) is 11.3. The smallest absolute Gasteiger partial charge is 0.276 e. The molecular formula is C8H4Cl4INO. The minimum absolute atomic E-state index is 0.387. The number of hydrogen-bond donors (Lipinski definition) is 1. The lowest BCUT2D eigenvalue weighted by Gasteiger charge is -2.12. The molecule has 0 aliphatic carbocycles. The Bertz CT molecular complexity index is 391. The van der Waals surface area contributed by atoms with Crippen LogP contribution in [0.2, 0.25) is 5.02 Å². The average Bonchev–Trinajstić information content (AvgIpc) is 2.09. The van der Waals surface area contributed by atoms with Crippen LogP contribution in [0, 0.1) is 3.57 Å². The van der Waals surface area contributed by atoms with Gasteiger partial charge in [0.15, 0.2) is 0 Å². The third-order valence-electron chi connectivity index (χ3n) is 1.43. The molecule has 0 unspecified atom stereocenters. The van der Waals surface area contributed by atoms with Crippen molar-refractivity contribution in [1.29, 1.82) is 0 Å². The van der Waals surface area contributed by atoms with Crippen molar-refractivity contribution in [3.63, 3.8) is 0 Å². The van der Waals surface area contributed by atoms with Crippen molar-refractivity contribution < 1.29 is 4.79 Å². The van der Waals surface area contributed by atoms with Gasteiger partial charge in [0.2, 0.25) is 0 Å². The van der Waals surface area contributed by atoms with Gasteiger partial charge in [-0.15, -0.1) is 0 Å². The molecule has 1 aromatic rings. The number of carbonyl (C=O) groups is 1. The molecular weight excluding hydrogens is 395 g/mol. The maximum atomic E-state index is 11.3. The highest BCUT2D eigenvalue weighted by Gasteiger charge is 2.30. The zero-order chi connectivity index (χ0) is 11.6. The van der Waals surface area contributed by atoms with Crippen LogP contribution in [0.4, 0.5) is 5.69 Å². The van der Waals surface area contributed by atoms with Crippen LogP contribution in [0.5, 0.6) is 0 Å². The van der Waals surface area contributed by atoms with E-state index in [4.69, 9.17) is 46.4 Å². The number of anilines is 1. The SMILES string of the molecule is O=C(Nc1cc(I)ccc1Cl)C(Cl)(Cl)Cl. The van der Waals surface area contributed by atoms with Gasteiger partial charge in [-0.05, 0) is 40.8 Å². The van der Waals surface area contributed by atoms with E-state index in [2.05, 4.69) is 27.9 Å². The van der Waals surface area contributed by atoms with Crippen LogP contribution in [0.15, 0.2) is 18.2 Å². The highest BCUT2D eigenvalue weighted by atomic mass is 127. The molecule has 0 aliphatic rings. The summed E-state index contributed by atoms with van der Waals surface area (Å²) in [6.07, 6.45) is 0. The molecule has 1 aromatic carbocycles. The topological polar surface area (TPSA) is 29.1 Å². The summed E-state index contributed by atoms with van der Waals surface area (Å²) in [5, 5.41) is 2.81. The number of hydrogen-bond acceptors (Lipinski definition) is 1. The Hall–Kier alpha value is 0.580. The van der Waals surface area contributed by atoms with Gasteiger partial charge in [-0.3, -0.25) is 4.79 Å². The standard InChI is InChI=1S/C8H4Cl4INO/c9-5-2-1-4(13)3-6(5)14-7(15)8(10,11)12/h1-3H,(H,14,15). The molecule has 7 heteroatoms. The lowest BCUT2D eigenvalue weighted by Crippen LogP contribution is -2.27. The largest absolute Gasteiger partial charge is 0.321 e. The van der Waals surface area contributed by atoms with Crippen LogP contribution >= 0.6 is 69.0 Å². The number of halogens is 5. The van der Waals surface area contributed by atoms with E-state index in [9.17, 15) is 4.79 Å². The Labute approximate surface area is 120 Å². The van der Waals surface area contributed by atoms with Crippen molar-refractivity contribution in [2.75, 3.05) is 5.32 Å². The maximum Gasteiger partial charge on any atom is 0.276 e. The molecule has 82 valence electrons. The minimum Gasteiger partial charge on any atom is -0.321 e. The first-order valence-electron chi connectivity index (χ1n) is 3.64. The summed E-state index contributed by atoms with van der Waals surface area (Å²) in [6.45, 7) is 0. The maximum absolute atomic E-state index is 11.3. The fourth-order valence-corrected chi connectivity index (χ4v) is 1.58. The Morgan fingerprint density at radius 2 is 1.93 bits per heavy atom.